The van der Waals surface area contributed by atoms with Crippen molar-refractivity contribution in [1.82, 2.24) is 14.5 Å². The van der Waals surface area contributed by atoms with E-state index in [1.54, 1.807) is 6.33 Å². The van der Waals surface area contributed by atoms with Crippen molar-refractivity contribution < 1.29 is 4.79 Å². The highest BCUT2D eigenvalue weighted by atomic mass is 32.2. The van der Waals surface area contributed by atoms with E-state index in [1.165, 1.54) is 0 Å². The lowest BCUT2D eigenvalue weighted by Crippen LogP contribution is -2.37. The number of rotatable bonds is 2. The molecule has 5 heteroatoms. The predicted octanol–water partition coefficient (Wildman–Crippen LogP) is 2.56. The molecule has 0 saturated carbocycles. The highest BCUT2D eigenvalue weighted by molar-refractivity contribution is 7.99. The molecule has 20 heavy (non-hydrogen) atoms. The summed E-state index contributed by atoms with van der Waals surface area (Å²) in [6.07, 6.45) is 2.87. The lowest BCUT2D eigenvalue weighted by atomic mass is 10.2. The van der Waals surface area contributed by atoms with Crippen LogP contribution in [0.2, 0.25) is 0 Å². The van der Waals surface area contributed by atoms with Gasteiger partial charge in [-0.1, -0.05) is 12.1 Å². The van der Waals surface area contributed by atoms with Crippen LogP contribution < -0.4 is 0 Å². The Labute approximate surface area is 123 Å². The second kappa shape index (κ2) is 5.87. The highest BCUT2D eigenvalue weighted by Gasteiger charge is 2.23. The number of carbonyl (C=O) groups is 1. The second-order valence-corrected chi connectivity index (χ2v) is 6.33. The Hall–Kier alpha value is -1.49. The summed E-state index contributed by atoms with van der Waals surface area (Å²) in [7, 11) is 0. The van der Waals surface area contributed by atoms with Crippen molar-refractivity contribution >= 4 is 28.7 Å². The molecule has 3 rings (SSSR count). The number of hydrogen-bond donors (Lipinski definition) is 0. The van der Waals surface area contributed by atoms with Crippen LogP contribution in [-0.4, -0.2) is 45.0 Å². The topological polar surface area (TPSA) is 38.1 Å². The number of amides is 1. The van der Waals surface area contributed by atoms with Crippen LogP contribution in [0.5, 0.6) is 0 Å². The van der Waals surface area contributed by atoms with Gasteiger partial charge in [0.2, 0.25) is 5.91 Å². The zero-order chi connectivity index (χ0) is 13.9. The van der Waals surface area contributed by atoms with Crippen molar-refractivity contribution in [2.75, 3.05) is 24.6 Å². The Balaban J connectivity index is 1.84. The van der Waals surface area contributed by atoms with Crippen LogP contribution in [-0.2, 0) is 4.79 Å². The van der Waals surface area contributed by atoms with Gasteiger partial charge in [0.05, 0.1) is 17.4 Å². The Morgan fingerprint density at radius 2 is 2.15 bits per heavy atom. The largest absolute Gasteiger partial charge is 0.340 e. The van der Waals surface area contributed by atoms with Gasteiger partial charge in [0.25, 0.3) is 0 Å². The maximum atomic E-state index is 12.7. The average molecular weight is 289 g/mol. The molecule has 106 valence electrons. The van der Waals surface area contributed by atoms with E-state index in [2.05, 4.69) is 4.98 Å². The minimum Gasteiger partial charge on any atom is -0.340 e. The zero-order valence-corrected chi connectivity index (χ0v) is 12.5. The lowest BCUT2D eigenvalue weighted by molar-refractivity contribution is -0.133. The monoisotopic (exact) mass is 289 g/mol. The standard InChI is InChI=1S/C15H19N3OS/c1-12(15(19)17-7-4-9-20-10-8-17)18-11-16-13-5-2-3-6-14(13)18/h2-3,5-6,11-12H,4,7-10H2,1H3/t12-/m1/s1. The average Bonchev–Trinajstić information content (AvgIpc) is 2.72. The molecule has 0 unspecified atom stereocenters. The molecule has 2 heterocycles. The Morgan fingerprint density at radius 3 is 3.05 bits per heavy atom. The first kappa shape index (κ1) is 13.5. The van der Waals surface area contributed by atoms with Crippen LogP contribution in [0.4, 0.5) is 0 Å². The molecule has 1 amide bonds. The summed E-state index contributed by atoms with van der Waals surface area (Å²) in [6.45, 7) is 3.71. The van der Waals surface area contributed by atoms with Gasteiger partial charge in [0.15, 0.2) is 0 Å². The fourth-order valence-electron chi connectivity index (χ4n) is 2.64. The van der Waals surface area contributed by atoms with E-state index in [1.807, 2.05) is 52.4 Å². The number of nitrogens with zero attached hydrogens (tertiary/aromatic N) is 3. The summed E-state index contributed by atoms with van der Waals surface area (Å²) >= 11 is 1.94. The van der Waals surface area contributed by atoms with Gasteiger partial charge in [-0.2, -0.15) is 11.8 Å². The number of para-hydroxylation sites is 2. The summed E-state index contributed by atoms with van der Waals surface area (Å²) in [6, 6.07) is 7.76. The number of fused-ring (bicyclic) bond motifs is 1. The minimum absolute atomic E-state index is 0.189. The molecule has 0 radical (unpaired) electrons. The number of hydrogen-bond acceptors (Lipinski definition) is 3. The molecule has 0 bridgehead atoms. The van der Waals surface area contributed by atoms with E-state index >= 15 is 0 Å². The van der Waals surface area contributed by atoms with Crippen LogP contribution in [0.25, 0.3) is 11.0 Å². The molecular formula is C15H19N3OS. The molecule has 1 aromatic carbocycles. The quantitative estimate of drug-likeness (QED) is 0.853. The van der Waals surface area contributed by atoms with Gasteiger partial charge in [0.1, 0.15) is 6.04 Å². The fraction of sp³-hybridized carbons (Fsp3) is 0.467. The predicted molar refractivity (Wildman–Crippen MR) is 83.0 cm³/mol. The van der Waals surface area contributed by atoms with Crippen LogP contribution >= 0.6 is 11.8 Å². The summed E-state index contributed by atoms with van der Waals surface area (Å²) < 4.78 is 1.98. The van der Waals surface area contributed by atoms with Crippen LogP contribution in [0.3, 0.4) is 0 Å². The van der Waals surface area contributed by atoms with E-state index in [-0.39, 0.29) is 11.9 Å². The third-order valence-electron chi connectivity index (χ3n) is 3.79. The number of thioether (sulfide) groups is 1. The summed E-state index contributed by atoms with van der Waals surface area (Å²) in [5.74, 6) is 2.41. The van der Waals surface area contributed by atoms with Gasteiger partial charge in [-0.05, 0) is 31.2 Å². The Morgan fingerprint density at radius 1 is 1.30 bits per heavy atom. The fourth-order valence-corrected chi connectivity index (χ4v) is 3.52. The molecule has 1 aromatic heterocycles. The summed E-state index contributed by atoms with van der Waals surface area (Å²) in [5, 5.41) is 0. The van der Waals surface area contributed by atoms with Crippen molar-refractivity contribution in [3.8, 4) is 0 Å². The first-order valence-electron chi connectivity index (χ1n) is 7.05. The van der Waals surface area contributed by atoms with Gasteiger partial charge < -0.3 is 9.47 Å². The summed E-state index contributed by atoms with van der Waals surface area (Å²) in [5.41, 5.74) is 1.97. The first-order chi connectivity index (χ1) is 9.77. The molecule has 1 aliphatic heterocycles. The van der Waals surface area contributed by atoms with Crippen molar-refractivity contribution in [1.29, 1.82) is 0 Å². The van der Waals surface area contributed by atoms with Crippen molar-refractivity contribution in [2.24, 2.45) is 0 Å². The maximum absolute atomic E-state index is 12.7. The van der Waals surface area contributed by atoms with Crippen molar-refractivity contribution in [3.63, 3.8) is 0 Å². The third kappa shape index (κ3) is 2.54. The molecule has 4 nitrogen and oxygen atoms in total. The molecule has 1 saturated heterocycles. The molecule has 1 atom stereocenters. The molecular weight excluding hydrogens is 270 g/mol. The number of benzene rings is 1. The van der Waals surface area contributed by atoms with E-state index in [0.29, 0.717) is 0 Å². The second-order valence-electron chi connectivity index (χ2n) is 5.11. The van der Waals surface area contributed by atoms with Gasteiger partial charge in [-0.3, -0.25) is 4.79 Å². The SMILES string of the molecule is C[C@H](C(=O)N1CCCSCC1)n1cnc2ccccc21. The molecule has 1 fully saturated rings. The lowest BCUT2D eigenvalue weighted by Gasteiger charge is -2.24. The smallest absolute Gasteiger partial charge is 0.245 e. The third-order valence-corrected chi connectivity index (χ3v) is 4.84. The van der Waals surface area contributed by atoms with E-state index in [4.69, 9.17) is 0 Å². The molecule has 2 aromatic rings. The van der Waals surface area contributed by atoms with Gasteiger partial charge >= 0.3 is 0 Å². The minimum atomic E-state index is -0.189. The molecule has 1 aliphatic rings. The Bertz CT molecular complexity index is 602. The number of carbonyl (C=O) groups excluding carboxylic acids is 1. The van der Waals surface area contributed by atoms with Gasteiger partial charge in [-0.25, -0.2) is 4.98 Å². The van der Waals surface area contributed by atoms with Crippen molar-refractivity contribution in [3.05, 3.63) is 30.6 Å². The molecule has 0 N–H and O–H groups in total. The Kier molecular flexibility index (Phi) is 3.96. The van der Waals surface area contributed by atoms with E-state index < -0.39 is 0 Å². The van der Waals surface area contributed by atoms with E-state index in [9.17, 15) is 4.79 Å². The van der Waals surface area contributed by atoms with Crippen LogP contribution in [0.1, 0.15) is 19.4 Å². The van der Waals surface area contributed by atoms with Crippen LogP contribution in [0.15, 0.2) is 30.6 Å². The van der Waals surface area contributed by atoms with Crippen molar-refractivity contribution in [2.45, 2.75) is 19.4 Å². The summed E-state index contributed by atoms with van der Waals surface area (Å²) in [4.78, 5) is 19.0. The first-order valence-corrected chi connectivity index (χ1v) is 8.21. The van der Waals surface area contributed by atoms with Gasteiger partial charge in [0, 0.05) is 18.8 Å². The number of imidazole rings is 1. The maximum Gasteiger partial charge on any atom is 0.245 e. The highest BCUT2D eigenvalue weighted by Crippen LogP contribution is 2.20. The van der Waals surface area contributed by atoms with E-state index in [0.717, 1.165) is 42.0 Å². The normalized spacial score (nSPS) is 17.9. The van der Waals surface area contributed by atoms with Gasteiger partial charge in [-0.15, -0.1) is 0 Å². The zero-order valence-electron chi connectivity index (χ0n) is 11.7. The van der Waals surface area contributed by atoms with Crippen LogP contribution in [0, 0.1) is 0 Å². The number of aromatic nitrogens is 2. The molecule has 0 spiro atoms. The molecule has 0 aliphatic carbocycles.